The van der Waals surface area contributed by atoms with Crippen molar-refractivity contribution in [2.45, 2.75) is 0 Å². The number of halogens is 2. The predicted molar refractivity (Wildman–Crippen MR) is 39.8 cm³/mol. The molecule has 0 atom stereocenters. The van der Waals surface area contributed by atoms with Crippen molar-refractivity contribution in [3.63, 3.8) is 0 Å². The summed E-state index contributed by atoms with van der Waals surface area (Å²) in [5, 5.41) is 3.15. The highest BCUT2D eigenvalue weighted by Crippen LogP contribution is 2.35. The molecule has 1 heterocycles. The molecule has 0 radical (unpaired) electrons. The van der Waals surface area contributed by atoms with Gasteiger partial charge in [-0.05, 0) is 7.60 Å². The summed E-state index contributed by atoms with van der Waals surface area (Å²) in [5.74, 6) is 0. The van der Waals surface area contributed by atoms with Crippen LogP contribution in [0, 0.1) is 0 Å². The van der Waals surface area contributed by atoms with Crippen LogP contribution in [0.2, 0.25) is 0 Å². The minimum absolute atomic E-state index is 0.189. The third-order valence-corrected chi connectivity index (χ3v) is 2.11. The van der Waals surface area contributed by atoms with Crippen LogP contribution in [0.1, 0.15) is 0 Å². The van der Waals surface area contributed by atoms with Crippen molar-refractivity contribution in [2.24, 2.45) is 5.10 Å². The molecule has 6 nitrogen and oxygen atoms in total. The lowest BCUT2D eigenvalue weighted by Crippen LogP contribution is -2.33. The van der Waals surface area contributed by atoms with Crippen molar-refractivity contribution in [1.29, 1.82) is 0 Å². The van der Waals surface area contributed by atoms with Gasteiger partial charge in [0, 0.05) is 6.08 Å². The van der Waals surface area contributed by atoms with E-state index in [2.05, 4.69) is 5.10 Å². The van der Waals surface area contributed by atoms with E-state index in [4.69, 9.17) is 23.4 Å². The Balaban J connectivity index is 2.95. The van der Waals surface area contributed by atoms with Gasteiger partial charge >= 0.3 is 0 Å². The van der Waals surface area contributed by atoms with E-state index in [1.165, 1.54) is 0 Å². The van der Waals surface area contributed by atoms with Gasteiger partial charge in [-0.3, -0.25) is 5.43 Å². The second-order valence-corrected chi connectivity index (χ2v) is 4.01. The zero-order valence-corrected chi connectivity index (χ0v) is 7.81. The number of rotatable bonds is 1. The minimum Gasteiger partial charge on any atom is -0.806 e. The lowest BCUT2D eigenvalue weighted by atomic mass is 10.6. The molecule has 1 aliphatic rings. The van der Waals surface area contributed by atoms with Crippen LogP contribution in [-0.4, -0.2) is 9.81 Å². The molecule has 0 aliphatic carbocycles. The normalized spacial score (nSPS) is 18.2. The molecule has 0 bridgehead atoms. The van der Waals surface area contributed by atoms with Gasteiger partial charge in [0.25, 0.3) is 0 Å². The van der Waals surface area contributed by atoms with Crippen LogP contribution in [0.3, 0.4) is 0 Å². The monoisotopic (exact) mass is 229 g/mol. The van der Waals surface area contributed by atoms with Crippen LogP contribution < -0.4 is 15.2 Å². The Labute approximate surface area is 77.7 Å². The first-order chi connectivity index (χ1) is 5.39. The summed E-state index contributed by atoms with van der Waals surface area (Å²) in [6, 6.07) is 0. The highest BCUT2D eigenvalue weighted by molar-refractivity contribution is 7.53. The topological polar surface area (TPSA) is 90.8 Å². The van der Waals surface area contributed by atoms with Crippen molar-refractivity contribution < 1.29 is 14.4 Å². The van der Waals surface area contributed by atoms with Crippen LogP contribution in [0.4, 0.5) is 0 Å². The molecule has 0 fully saturated rings. The fraction of sp³-hybridized carbons (Fsp3) is 0. The van der Waals surface area contributed by atoms with Gasteiger partial charge in [-0.25, -0.2) is 0 Å². The van der Waals surface area contributed by atoms with E-state index in [1.54, 1.807) is 0 Å². The van der Waals surface area contributed by atoms with E-state index in [9.17, 15) is 14.4 Å². The van der Waals surface area contributed by atoms with Gasteiger partial charge in [-0.15, -0.1) is 9.74 Å². The fourth-order valence-electron chi connectivity index (χ4n) is 0.518. The molecule has 0 saturated carbocycles. The third kappa shape index (κ3) is 2.36. The summed E-state index contributed by atoms with van der Waals surface area (Å²) in [5.41, 5.74) is 1.37. The number of hydrazone groups is 1. The SMILES string of the molecule is O=P([O-])([O-])C1=CC(Cl)=NN(Cl)N1. The maximum absolute atomic E-state index is 10.4. The average molecular weight is 230 g/mol. The quantitative estimate of drug-likeness (QED) is 0.473. The van der Waals surface area contributed by atoms with Gasteiger partial charge in [0.05, 0.1) is 17.2 Å². The molecule has 0 spiro atoms. The van der Waals surface area contributed by atoms with Crippen molar-refractivity contribution in [3.8, 4) is 0 Å². The first kappa shape index (κ1) is 9.83. The van der Waals surface area contributed by atoms with Crippen LogP contribution in [0.25, 0.3) is 0 Å². The number of hydrogen-bond donors (Lipinski definition) is 1. The largest absolute Gasteiger partial charge is 0.806 e. The zero-order valence-electron chi connectivity index (χ0n) is 5.40. The van der Waals surface area contributed by atoms with Gasteiger partial charge in [0.2, 0.25) is 0 Å². The van der Waals surface area contributed by atoms with E-state index in [0.29, 0.717) is 4.64 Å². The number of nitrogens with one attached hydrogen (secondary N) is 1. The van der Waals surface area contributed by atoms with Crippen LogP contribution in [-0.2, 0) is 4.57 Å². The first-order valence-corrected chi connectivity index (χ1v) is 4.86. The Kier molecular flexibility index (Phi) is 2.65. The summed E-state index contributed by atoms with van der Waals surface area (Å²) in [6.07, 6.45) is 0.876. The molecule has 0 amide bonds. The Morgan fingerprint density at radius 2 is 2.25 bits per heavy atom. The van der Waals surface area contributed by atoms with Gasteiger partial charge < -0.3 is 14.4 Å². The molecule has 9 heteroatoms. The molecule has 0 aromatic heterocycles. The molecule has 0 saturated heterocycles. The smallest absolute Gasteiger partial charge is 0.154 e. The van der Waals surface area contributed by atoms with E-state index in [-0.39, 0.29) is 5.17 Å². The molecule has 68 valence electrons. The summed E-state index contributed by atoms with van der Waals surface area (Å²) in [7, 11) is -4.86. The molecule has 12 heavy (non-hydrogen) atoms. The molecule has 1 aliphatic heterocycles. The second kappa shape index (κ2) is 3.24. The van der Waals surface area contributed by atoms with Gasteiger partial charge in [-0.1, -0.05) is 11.6 Å². The van der Waals surface area contributed by atoms with Gasteiger partial charge in [-0.2, -0.15) is 0 Å². The van der Waals surface area contributed by atoms with Crippen molar-refractivity contribution >= 4 is 36.1 Å². The highest BCUT2D eigenvalue weighted by atomic mass is 35.5. The maximum atomic E-state index is 10.4. The average Bonchev–Trinajstić information content (AvgIpc) is 1.82. The summed E-state index contributed by atoms with van der Waals surface area (Å²) >= 11 is 10.5. The third-order valence-electron chi connectivity index (χ3n) is 0.941. The minimum atomic E-state index is -4.86. The van der Waals surface area contributed by atoms with Crippen LogP contribution in [0.15, 0.2) is 16.6 Å². The zero-order chi connectivity index (χ0) is 9.35. The van der Waals surface area contributed by atoms with E-state index in [1.807, 2.05) is 5.43 Å². The Bertz CT molecular complexity index is 297. The number of hydrazine groups is 1. The lowest BCUT2D eigenvalue weighted by Gasteiger charge is -2.34. The predicted octanol–water partition coefficient (Wildman–Crippen LogP) is -0.732. The number of allylic oxidation sites excluding steroid dienone is 1. The maximum Gasteiger partial charge on any atom is 0.154 e. The Morgan fingerprint density at radius 1 is 1.67 bits per heavy atom. The summed E-state index contributed by atoms with van der Waals surface area (Å²) in [6.45, 7) is 0. The molecule has 0 unspecified atom stereocenters. The van der Waals surface area contributed by atoms with E-state index in [0.717, 1.165) is 6.08 Å². The van der Waals surface area contributed by atoms with Crippen molar-refractivity contribution in [2.75, 3.05) is 0 Å². The van der Waals surface area contributed by atoms with E-state index >= 15 is 0 Å². The Morgan fingerprint density at radius 3 is 2.67 bits per heavy atom. The molecule has 1 N–H and O–H groups in total. The lowest BCUT2D eigenvalue weighted by molar-refractivity contribution is -0.310. The molecule has 0 aromatic carbocycles. The second-order valence-electron chi connectivity index (χ2n) is 1.82. The molecule has 1 rings (SSSR count). The summed E-state index contributed by atoms with van der Waals surface area (Å²) in [4.78, 5) is 20.8. The van der Waals surface area contributed by atoms with Crippen LogP contribution >= 0.6 is 31.0 Å². The van der Waals surface area contributed by atoms with Crippen molar-refractivity contribution in [3.05, 3.63) is 11.5 Å². The fourth-order valence-corrected chi connectivity index (χ4v) is 1.55. The highest BCUT2D eigenvalue weighted by Gasteiger charge is 2.11. The molecule has 0 aromatic rings. The Hall–Kier alpha value is -0.260. The first-order valence-electron chi connectivity index (χ1n) is 2.60. The van der Waals surface area contributed by atoms with Gasteiger partial charge in [0.15, 0.2) is 5.17 Å². The van der Waals surface area contributed by atoms with Crippen molar-refractivity contribution in [1.82, 2.24) is 10.1 Å². The van der Waals surface area contributed by atoms with Crippen LogP contribution in [0.5, 0.6) is 0 Å². The standard InChI is InChI=1S/C3H4Cl2N3O3P/c4-2-1-3(12(9,10)11)7-8(5)6-2/h1,7H,(H2,9,10,11)/p-2. The molecular formula is C3H2Cl2N3O3P-2. The van der Waals surface area contributed by atoms with E-state index < -0.39 is 13.0 Å². The number of nitrogens with zero attached hydrogens (tertiary/aromatic N) is 2. The van der Waals surface area contributed by atoms with Gasteiger partial charge in [0.1, 0.15) is 0 Å². The molecular weight excluding hydrogens is 228 g/mol. The number of hydrogen-bond acceptors (Lipinski definition) is 6. The summed E-state index contributed by atoms with van der Waals surface area (Å²) < 4.78 is 10.9.